The van der Waals surface area contributed by atoms with E-state index in [0.717, 1.165) is 12.0 Å². The third-order valence-electron chi connectivity index (χ3n) is 5.72. The highest BCUT2D eigenvalue weighted by atomic mass is 35.5. The first-order chi connectivity index (χ1) is 14.1. The maximum absolute atomic E-state index is 12.6. The molecule has 1 aromatic carbocycles. The van der Waals surface area contributed by atoms with Crippen LogP contribution in [-0.4, -0.2) is 27.1 Å². The molecular weight excluding hydrogens is 461 g/mol. The second-order valence-corrected chi connectivity index (χ2v) is 10.8. The van der Waals surface area contributed by atoms with Crippen molar-refractivity contribution in [2.45, 2.75) is 40.2 Å². The zero-order valence-corrected chi connectivity index (χ0v) is 20.3. The van der Waals surface area contributed by atoms with Crippen LogP contribution in [0.2, 0.25) is 0 Å². The third-order valence-corrected chi connectivity index (χ3v) is 7.30. The van der Waals surface area contributed by atoms with Gasteiger partial charge in [0.15, 0.2) is 0 Å². The molecule has 0 radical (unpaired) electrons. The minimum atomic E-state index is -0.307. The van der Waals surface area contributed by atoms with Crippen molar-refractivity contribution in [3.8, 4) is 5.75 Å². The lowest BCUT2D eigenvalue weighted by Gasteiger charge is -2.21. The number of thiocarbonyl (C=S) groups is 1. The molecule has 0 spiro atoms. The normalized spacial score (nSPS) is 24.7. The van der Waals surface area contributed by atoms with Crippen LogP contribution >= 0.6 is 47.2 Å². The van der Waals surface area contributed by atoms with Crippen LogP contribution in [0.5, 0.6) is 5.75 Å². The number of nitrogens with zero attached hydrogens (tertiary/aromatic N) is 1. The van der Waals surface area contributed by atoms with Crippen molar-refractivity contribution in [3.63, 3.8) is 0 Å². The van der Waals surface area contributed by atoms with Gasteiger partial charge in [0.1, 0.15) is 14.6 Å². The molecule has 2 fully saturated rings. The fourth-order valence-electron chi connectivity index (χ4n) is 3.58. The van der Waals surface area contributed by atoms with E-state index in [1.165, 1.54) is 11.8 Å². The highest BCUT2D eigenvalue weighted by Crippen LogP contribution is 2.60. The van der Waals surface area contributed by atoms with Gasteiger partial charge in [-0.05, 0) is 54.5 Å². The van der Waals surface area contributed by atoms with E-state index >= 15 is 0 Å². The average molecular weight is 484 g/mol. The van der Waals surface area contributed by atoms with Crippen molar-refractivity contribution in [1.29, 1.82) is 0 Å². The molecule has 1 aliphatic heterocycles. The van der Waals surface area contributed by atoms with E-state index in [1.54, 1.807) is 29.2 Å². The van der Waals surface area contributed by atoms with Gasteiger partial charge in [0, 0.05) is 6.04 Å². The molecular formula is C22H23Cl2NO3S2. The summed E-state index contributed by atoms with van der Waals surface area (Å²) in [7, 11) is 0. The number of hydrogen-bond donors (Lipinski definition) is 0. The minimum Gasteiger partial charge on any atom is -0.426 e. The van der Waals surface area contributed by atoms with E-state index in [4.69, 9.17) is 40.2 Å². The number of rotatable bonds is 6. The highest BCUT2D eigenvalue weighted by molar-refractivity contribution is 8.26. The summed E-state index contributed by atoms with van der Waals surface area (Å²) in [4.78, 5) is 27.4. The van der Waals surface area contributed by atoms with Crippen LogP contribution in [0.25, 0.3) is 6.08 Å². The summed E-state index contributed by atoms with van der Waals surface area (Å²) in [6.07, 6.45) is 4.33. The van der Waals surface area contributed by atoms with E-state index in [2.05, 4.69) is 0 Å². The smallest absolute Gasteiger partial charge is 0.315 e. The summed E-state index contributed by atoms with van der Waals surface area (Å²) >= 11 is 18.2. The van der Waals surface area contributed by atoms with Gasteiger partial charge in [-0.2, -0.15) is 0 Å². The fraction of sp³-hybridized carbons (Fsp3) is 0.409. The number of hydrogen-bond acceptors (Lipinski definition) is 5. The van der Waals surface area contributed by atoms with Gasteiger partial charge in [-0.25, -0.2) is 0 Å². The lowest BCUT2D eigenvalue weighted by Crippen LogP contribution is -2.36. The molecule has 8 heteroatoms. The molecule has 1 saturated heterocycles. The van der Waals surface area contributed by atoms with Gasteiger partial charge in [-0.3, -0.25) is 14.5 Å². The van der Waals surface area contributed by atoms with Crippen molar-refractivity contribution in [1.82, 2.24) is 4.90 Å². The Hall–Kier alpha value is -1.34. The van der Waals surface area contributed by atoms with Crippen LogP contribution < -0.4 is 4.74 Å². The van der Waals surface area contributed by atoms with Crippen molar-refractivity contribution in [2.75, 3.05) is 0 Å². The largest absolute Gasteiger partial charge is 0.426 e. The van der Waals surface area contributed by atoms with Gasteiger partial charge in [0.25, 0.3) is 5.91 Å². The Balaban J connectivity index is 1.67. The number of carbonyl (C=O) groups is 2. The standard InChI is InChI=1S/C22H23Cl2NO3S2/c1-5-12(2)25-19(26)16(30-21(25)29)10-13-6-8-14(9-7-13)28-20(27)18-15(11-17(23)24)22(18,3)4/h6-12,15,18H,5H2,1-4H3/b16-10+/t12-,15+,18-/m1/s1. The molecule has 2 aliphatic rings. The summed E-state index contributed by atoms with van der Waals surface area (Å²) < 4.78 is 6.28. The van der Waals surface area contributed by atoms with E-state index < -0.39 is 0 Å². The monoisotopic (exact) mass is 483 g/mol. The van der Waals surface area contributed by atoms with Crippen molar-refractivity contribution >= 4 is 69.5 Å². The summed E-state index contributed by atoms with van der Waals surface area (Å²) in [5.74, 6) is -0.249. The minimum absolute atomic E-state index is 0.0401. The maximum atomic E-state index is 12.6. The van der Waals surface area contributed by atoms with Crippen molar-refractivity contribution in [3.05, 3.63) is 45.3 Å². The molecule has 30 heavy (non-hydrogen) atoms. The molecule has 0 unspecified atom stereocenters. The van der Waals surface area contributed by atoms with E-state index in [9.17, 15) is 9.59 Å². The van der Waals surface area contributed by atoms with Gasteiger partial charge >= 0.3 is 5.97 Å². The topological polar surface area (TPSA) is 46.6 Å². The number of halogens is 2. The zero-order chi connectivity index (χ0) is 22.2. The molecule has 0 aromatic heterocycles. The molecule has 3 rings (SSSR count). The Morgan fingerprint density at radius 3 is 2.53 bits per heavy atom. The number of benzene rings is 1. The first-order valence-electron chi connectivity index (χ1n) is 9.68. The molecule has 0 N–H and O–H groups in total. The summed E-state index contributed by atoms with van der Waals surface area (Å²) in [5, 5.41) is 0. The number of thioether (sulfide) groups is 1. The number of amides is 1. The molecule has 3 atom stereocenters. The lowest BCUT2D eigenvalue weighted by atomic mass is 10.1. The quantitative estimate of drug-likeness (QED) is 0.209. The van der Waals surface area contributed by atoms with Crippen LogP contribution in [0.15, 0.2) is 39.7 Å². The molecule has 1 heterocycles. The molecule has 1 saturated carbocycles. The summed E-state index contributed by atoms with van der Waals surface area (Å²) in [6, 6.07) is 7.12. The van der Waals surface area contributed by atoms with Crippen LogP contribution in [0, 0.1) is 17.3 Å². The first kappa shape index (κ1) is 23.3. The van der Waals surface area contributed by atoms with E-state index in [-0.39, 0.29) is 39.7 Å². The Morgan fingerprint density at radius 1 is 1.33 bits per heavy atom. The summed E-state index contributed by atoms with van der Waals surface area (Å²) in [5.41, 5.74) is 0.595. The Morgan fingerprint density at radius 2 is 1.97 bits per heavy atom. The van der Waals surface area contributed by atoms with E-state index in [0.29, 0.717) is 15.0 Å². The zero-order valence-electron chi connectivity index (χ0n) is 17.1. The highest BCUT2D eigenvalue weighted by Gasteiger charge is 2.61. The van der Waals surface area contributed by atoms with Crippen molar-refractivity contribution < 1.29 is 14.3 Å². The summed E-state index contributed by atoms with van der Waals surface area (Å²) in [6.45, 7) is 7.98. The molecule has 4 nitrogen and oxygen atoms in total. The SMILES string of the molecule is CC[C@@H](C)N1C(=O)/C(=C\c2ccc(OC(=O)[C@H]3[C@H](C=C(Cl)Cl)C3(C)C)cc2)SC1=S. The predicted molar refractivity (Wildman–Crippen MR) is 127 cm³/mol. The van der Waals surface area contributed by atoms with Gasteiger partial charge in [0.2, 0.25) is 0 Å². The first-order valence-corrected chi connectivity index (χ1v) is 11.7. The molecule has 160 valence electrons. The Labute approximate surface area is 196 Å². The Kier molecular flexibility index (Phi) is 7.02. The number of carbonyl (C=O) groups excluding carboxylic acids is 2. The Bertz CT molecular complexity index is 936. The van der Waals surface area contributed by atoms with Gasteiger partial charge in [0.05, 0.1) is 10.8 Å². The molecule has 0 bridgehead atoms. The number of esters is 1. The van der Waals surface area contributed by atoms with E-state index in [1.807, 2.05) is 39.8 Å². The molecule has 1 amide bonds. The van der Waals surface area contributed by atoms with Crippen LogP contribution in [0.4, 0.5) is 0 Å². The lowest BCUT2D eigenvalue weighted by molar-refractivity contribution is -0.136. The maximum Gasteiger partial charge on any atom is 0.315 e. The third kappa shape index (κ3) is 4.77. The number of ether oxygens (including phenoxy) is 1. The second-order valence-electron chi connectivity index (χ2n) is 8.08. The predicted octanol–water partition coefficient (Wildman–Crippen LogP) is 6.18. The molecule has 1 aliphatic carbocycles. The van der Waals surface area contributed by atoms with Crippen molar-refractivity contribution in [2.24, 2.45) is 17.3 Å². The molecule has 1 aromatic rings. The number of allylic oxidation sites excluding steroid dienone is 1. The fourth-order valence-corrected chi connectivity index (χ4v) is 5.31. The van der Waals surface area contributed by atoms with Gasteiger partial charge < -0.3 is 4.74 Å². The van der Waals surface area contributed by atoms with Crippen LogP contribution in [-0.2, 0) is 9.59 Å². The van der Waals surface area contributed by atoms with Crippen LogP contribution in [0.1, 0.15) is 39.7 Å². The average Bonchev–Trinajstić information content (AvgIpc) is 3.08. The van der Waals surface area contributed by atoms with Gasteiger partial charge in [-0.15, -0.1) is 0 Å². The van der Waals surface area contributed by atoms with Crippen LogP contribution in [0.3, 0.4) is 0 Å². The van der Waals surface area contributed by atoms with Gasteiger partial charge in [-0.1, -0.05) is 80.1 Å². The second kappa shape index (κ2) is 9.03.